The largest absolute Gasteiger partial charge is 0.496 e. The van der Waals surface area contributed by atoms with E-state index in [4.69, 9.17) is 16.3 Å². The maximum Gasteiger partial charge on any atom is 0.122 e. The van der Waals surface area contributed by atoms with Gasteiger partial charge in [0.05, 0.1) is 13.2 Å². The third kappa shape index (κ3) is 4.73. The Bertz CT molecular complexity index is 603. The average Bonchev–Trinajstić information content (AvgIpc) is 2.53. The van der Waals surface area contributed by atoms with E-state index in [0.29, 0.717) is 11.6 Å². The molecule has 0 spiro atoms. The number of para-hydroxylation sites is 1. The summed E-state index contributed by atoms with van der Waals surface area (Å²) in [5.41, 5.74) is 1.98. The van der Waals surface area contributed by atoms with Crippen LogP contribution in [0, 0.1) is 0 Å². The average molecular weight is 320 g/mol. The predicted molar refractivity (Wildman–Crippen MR) is 90.6 cm³/mol. The molecular weight excluding hydrogens is 298 g/mol. The summed E-state index contributed by atoms with van der Waals surface area (Å²) in [7, 11) is 1.68. The number of nitrogens with one attached hydrogen (secondary N) is 1. The fourth-order valence-corrected chi connectivity index (χ4v) is 2.62. The first-order chi connectivity index (χ1) is 10.6. The van der Waals surface area contributed by atoms with Gasteiger partial charge >= 0.3 is 0 Å². The second kappa shape index (κ2) is 8.18. The molecule has 22 heavy (non-hydrogen) atoms. The van der Waals surface area contributed by atoms with Gasteiger partial charge in [-0.3, -0.25) is 0 Å². The molecule has 0 fully saturated rings. The normalized spacial score (nSPS) is 13.6. The molecule has 3 nitrogen and oxygen atoms in total. The second-order valence-corrected chi connectivity index (χ2v) is 5.83. The van der Waals surface area contributed by atoms with Crippen LogP contribution in [-0.4, -0.2) is 24.8 Å². The summed E-state index contributed by atoms with van der Waals surface area (Å²) in [4.78, 5) is 0. The molecule has 2 rings (SSSR count). The van der Waals surface area contributed by atoms with Crippen LogP contribution in [0.25, 0.3) is 0 Å². The Morgan fingerprint density at radius 2 is 1.95 bits per heavy atom. The van der Waals surface area contributed by atoms with Crippen molar-refractivity contribution in [2.45, 2.75) is 25.5 Å². The summed E-state index contributed by atoms with van der Waals surface area (Å²) in [6.45, 7) is 2.58. The van der Waals surface area contributed by atoms with Crippen LogP contribution in [0.15, 0.2) is 48.5 Å². The van der Waals surface area contributed by atoms with E-state index in [1.165, 1.54) is 0 Å². The minimum atomic E-state index is -0.571. The van der Waals surface area contributed by atoms with Gasteiger partial charge in [-0.05, 0) is 42.7 Å². The molecule has 118 valence electrons. The van der Waals surface area contributed by atoms with Crippen molar-refractivity contribution in [1.29, 1.82) is 0 Å². The van der Waals surface area contributed by atoms with Crippen LogP contribution in [0.5, 0.6) is 5.75 Å². The van der Waals surface area contributed by atoms with Crippen molar-refractivity contribution < 1.29 is 9.84 Å². The molecule has 4 heteroatoms. The highest BCUT2D eigenvalue weighted by atomic mass is 35.5. The smallest absolute Gasteiger partial charge is 0.122 e. The van der Waals surface area contributed by atoms with E-state index in [2.05, 4.69) is 18.3 Å². The Morgan fingerprint density at radius 1 is 1.18 bits per heavy atom. The van der Waals surface area contributed by atoms with E-state index in [0.717, 1.165) is 23.3 Å². The molecule has 0 bridgehead atoms. The molecule has 0 heterocycles. The number of hydrogen-bond donors (Lipinski definition) is 2. The van der Waals surface area contributed by atoms with Crippen molar-refractivity contribution in [3.63, 3.8) is 0 Å². The van der Waals surface area contributed by atoms with Crippen LogP contribution < -0.4 is 10.1 Å². The van der Waals surface area contributed by atoms with E-state index >= 15 is 0 Å². The zero-order valence-electron chi connectivity index (χ0n) is 12.9. The van der Waals surface area contributed by atoms with Crippen molar-refractivity contribution in [1.82, 2.24) is 5.32 Å². The van der Waals surface area contributed by atoms with Gasteiger partial charge < -0.3 is 15.2 Å². The highest BCUT2D eigenvalue weighted by Crippen LogP contribution is 2.20. The molecule has 0 aliphatic rings. The van der Waals surface area contributed by atoms with E-state index in [9.17, 15) is 5.11 Å². The van der Waals surface area contributed by atoms with E-state index in [1.54, 1.807) is 19.2 Å². The van der Waals surface area contributed by atoms with Crippen molar-refractivity contribution in [3.8, 4) is 5.75 Å². The topological polar surface area (TPSA) is 41.5 Å². The molecule has 2 aromatic carbocycles. The van der Waals surface area contributed by atoms with Crippen LogP contribution in [0.2, 0.25) is 5.02 Å². The van der Waals surface area contributed by atoms with Crippen molar-refractivity contribution >= 4 is 11.6 Å². The number of aliphatic hydroxyl groups is 1. The number of aliphatic hydroxyl groups excluding tert-OH is 1. The molecule has 2 N–H and O–H groups in total. The number of hydrogen-bond acceptors (Lipinski definition) is 3. The van der Waals surface area contributed by atoms with Gasteiger partial charge in [0.1, 0.15) is 5.75 Å². The lowest BCUT2D eigenvalue weighted by molar-refractivity contribution is 0.170. The maximum atomic E-state index is 10.2. The number of benzene rings is 2. The van der Waals surface area contributed by atoms with Gasteiger partial charge in [0.25, 0.3) is 0 Å². The van der Waals surface area contributed by atoms with Crippen LogP contribution in [0.1, 0.15) is 24.2 Å². The van der Waals surface area contributed by atoms with Crippen LogP contribution >= 0.6 is 11.6 Å². The first kappa shape index (κ1) is 16.8. The molecule has 0 radical (unpaired) electrons. The van der Waals surface area contributed by atoms with Crippen molar-refractivity contribution in [2.24, 2.45) is 0 Å². The van der Waals surface area contributed by atoms with Gasteiger partial charge in [0.15, 0.2) is 0 Å². The standard InChI is InChI=1S/C18H22ClNO2/c1-13(10-15-6-3-4-9-18(15)22-2)20-12-17(21)14-7-5-8-16(19)11-14/h3-9,11,13,17,20-21H,10,12H2,1-2H3/t13-,17+/m1/s1. The number of methoxy groups -OCH3 is 1. The Hall–Kier alpha value is -1.55. The van der Waals surface area contributed by atoms with E-state index in [-0.39, 0.29) is 6.04 Å². The molecule has 0 saturated heterocycles. The lowest BCUT2D eigenvalue weighted by Crippen LogP contribution is -2.32. The van der Waals surface area contributed by atoms with E-state index < -0.39 is 6.10 Å². The highest BCUT2D eigenvalue weighted by Gasteiger charge is 2.11. The molecule has 0 aromatic heterocycles. The minimum absolute atomic E-state index is 0.227. The molecule has 2 atom stereocenters. The van der Waals surface area contributed by atoms with Gasteiger partial charge in [-0.2, -0.15) is 0 Å². The van der Waals surface area contributed by atoms with Gasteiger partial charge in [-0.15, -0.1) is 0 Å². The molecular formula is C18H22ClNO2. The maximum absolute atomic E-state index is 10.2. The van der Waals surface area contributed by atoms with Crippen molar-refractivity contribution in [2.75, 3.05) is 13.7 Å². The van der Waals surface area contributed by atoms with Gasteiger partial charge in [0.2, 0.25) is 0 Å². The first-order valence-corrected chi connectivity index (χ1v) is 7.76. The lowest BCUT2D eigenvalue weighted by Gasteiger charge is -2.18. The Morgan fingerprint density at radius 3 is 2.68 bits per heavy atom. The minimum Gasteiger partial charge on any atom is -0.496 e. The quantitative estimate of drug-likeness (QED) is 0.819. The number of ether oxygens (including phenoxy) is 1. The first-order valence-electron chi connectivity index (χ1n) is 7.39. The molecule has 0 amide bonds. The van der Waals surface area contributed by atoms with Gasteiger partial charge in [0, 0.05) is 17.6 Å². The Labute approximate surface area is 136 Å². The molecule has 0 saturated carbocycles. The second-order valence-electron chi connectivity index (χ2n) is 5.40. The molecule has 0 unspecified atom stereocenters. The summed E-state index contributed by atoms with van der Waals surface area (Å²) in [6.07, 6.45) is 0.269. The number of rotatable bonds is 7. The van der Waals surface area contributed by atoms with Crippen molar-refractivity contribution in [3.05, 3.63) is 64.7 Å². The zero-order chi connectivity index (χ0) is 15.9. The number of halogens is 1. The van der Waals surface area contributed by atoms with Crippen LogP contribution in [0.3, 0.4) is 0 Å². The molecule has 0 aliphatic carbocycles. The fraction of sp³-hybridized carbons (Fsp3) is 0.333. The fourth-order valence-electron chi connectivity index (χ4n) is 2.42. The van der Waals surface area contributed by atoms with Crippen LogP contribution in [0.4, 0.5) is 0 Å². The Balaban J connectivity index is 1.88. The summed E-state index contributed by atoms with van der Waals surface area (Å²) < 4.78 is 5.36. The predicted octanol–water partition coefficient (Wildman–Crippen LogP) is 3.60. The molecule has 2 aromatic rings. The van der Waals surface area contributed by atoms with Crippen LogP contribution in [-0.2, 0) is 6.42 Å². The SMILES string of the molecule is COc1ccccc1C[C@@H](C)NC[C@H](O)c1cccc(Cl)c1. The van der Waals surface area contributed by atoms with E-state index in [1.807, 2.05) is 30.3 Å². The summed E-state index contributed by atoms with van der Waals surface area (Å²) >= 11 is 5.95. The summed E-state index contributed by atoms with van der Waals surface area (Å²) in [5.74, 6) is 0.895. The highest BCUT2D eigenvalue weighted by molar-refractivity contribution is 6.30. The third-order valence-electron chi connectivity index (χ3n) is 3.61. The molecule has 0 aliphatic heterocycles. The van der Waals surface area contributed by atoms with Gasteiger partial charge in [-0.1, -0.05) is 41.9 Å². The third-order valence-corrected chi connectivity index (χ3v) is 3.85. The Kier molecular flexibility index (Phi) is 6.25. The monoisotopic (exact) mass is 319 g/mol. The summed E-state index contributed by atoms with van der Waals surface area (Å²) in [6, 6.07) is 15.5. The van der Waals surface area contributed by atoms with Gasteiger partial charge in [-0.25, -0.2) is 0 Å². The zero-order valence-corrected chi connectivity index (χ0v) is 13.7. The summed E-state index contributed by atoms with van der Waals surface area (Å²) in [5, 5.41) is 14.2. The lowest BCUT2D eigenvalue weighted by atomic mass is 10.0.